The first-order valence-corrected chi connectivity index (χ1v) is 10.5. The third-order valence-corrected chi connectivity index (χ3v) is 4.58. The predicted molar refractivity (Wildman–Crippen MR) is 106 cm³/mol. The molecule has 0 bridgehead atoms. The average molecular weight is 353 g/mol. The van der Waals surface area contributed by atoms with Gasteiger partial charge in [-0.3, -0.25) is 9.59 Å². The van der Waals surface area contributed by atoms with Crippen LogP contribution >= 0.6 is 0 Å². The fraction of sp³-hybridized carbons (Fsp3) is 0.818. The molecule has 0 spiro atoms. The third-order valence-electron chi connectivity index (χ3n) is 4.58. The molecule has 0 aliphatic carbocycles. The van der Waals surface area contributed by atoms with Crippen molar-refractivity contribution in [1.29, 1.82) is 0 Å². The van der Waals surface area contributed by atoms with E-state index in [0.717, 1.165) is 6.42 Å². The van der Waals surface area contributed by atoms with Gasteiger partial charge in [-0.25, -0.2) is 0 Å². The minimum Gasteiger partial charge on any atom is -0.481 e. The lowest BCUT2D eigenvalue weighted by atomic mass is 10.0. The lowest BCUT2D eigenvalue weighted by Gasteiger charge is -2.02. The monoisotopic (exact) mass is 352 g/mol. The Balaban J connectivity index is 3.16. The largest absolute Gasteiger partial charge is 0.481 e. The number of ketones is 1. The van der Waals surface area contributed by atoms with Gasteiger partial charge >= 0.3 is 5.97 Å². The van der Waals surface area contributed by atoms with Crippen LogP contribution < -0.4 is 0 Å². The molecule has 0 fully saturated rings. The topological polar surface area (TPSA) is 54.4 Å². The van der Waals surface area contributed by atoms with Crippen molar-refractivity contribution in [2.75, 3.05) is 0 Å². The second kappa shape index (κ2) is 19.2. The maximum absolute atomic E-state index is 11.2. The summed E-state index contributed by atoms with van der Waals surface area (Å²) in [5.41, 5.74) is 0. The molecule has 0 heterocycles. The Kier molecular flexibility index (Phi) is 18.3. The number of carbonyl (C=O) groups is 2. The predicted octanol–water partition coefficient (Wildman–Crippen LogP) is 6.85. The van der Waals surface area contributed by atoms with Crippen LogP contribution in [0.3, 0.4) is 0 Å². The van der Waals surface area contributed by atoms with Gasteiger partial charge in [0.25, 0.3) is 0 Å². The highest BCUT2D eigenvalue weighted by Crippen LogP contribution is 2.13. The zero-order chi connectivity index (χ0) is 18.6. The van der Waals surface area contributed by atoms with Crippen LogP contribution in [0.15, 0.2) is 12.2 Å². The van der Waals surface area contributed by atoms with E-state index in [2.05, 4.69) is 6.92 Å². The van der Waals surface area contributed by atoms with Crippen LogP contribution in [0.2, 0.25) is 0 Å². The van der Waals surface area contributed by atoms with Crippen molar-refractivity contribution in [1.82, 2.24) is 0 Å². The number of carboxylic acids is 1. The van der Waals surface area contributed by atoms with Gasteiger partial charge in [0.1, 0.15) is 12.2 Å². The van der Waals surface area contributed by atoms with Gasteiger partial charge in [-0.15, -0.1) is 0 Å². The third kappa shape index (κ3) is 20.8. The molecule has 3 heteroatoms. The van der Waals surface area contributed by atoms with Crippen molar-refractivity contribution < 1.29 is 14.7 Å². The summed E-state index contributed by atoms with van der Waals surface area (Å²) in [5.74, 6) is -1.25. The molecule has 0 aliphatic heterocycles. The number of hydrogen-bond acceptors (Lipinski definition) is 2. The molecule has 0 amide bonds. The number of Topliss-reactive ketones (excluding diaryl/α,β-unsaturated/α-hetero) is 1. The maximum Gasteiger partial charge on any atom is 0.310 e. The minimum atomic E-state index is -1.04. The van der Waals surface area contributed by atoms with E-state index in [0.29, 0.717) is 0 Å². The highest BCUT2D eigenvalue weighted by Gasteiger charge is 2.04. The van der Waals surface area contributed by atoms with Gasteiger partial charge in [0.2, 0.25) is 0 Å². The fourth-order valence-corrected chi connectivity index (χ4v) is 3.03. The second-order valence-corrected chi connectivity index (χ2v) is 7.17. The lowest BCUT2D eigenvalue weighted by Crippen LogP contribution is -2.04. The molecule has 0 aromatic rings. The summed E-state index contributed by atoms with van der Waals surface area (Å²) in [7, 11) is 0. The Morgan fingerprint density at radius 1 is 0.680 bits per heavy atom. The molecule has 1 N–H and O–H groups in total. The van der Waals surface area contributed by atoms with Crippen molar-refractivity contribution in [3.8, 4) is 0 Å². The highest BCUT2D eigenvalue weighted by molar-refractivity contribution is 5.95. The summed E-state index contributed by atoms with van der Waals surface area (Å²) < 4.78 is 0. The van der Waals surface area contributed by atoms with Gasteiger partial charge in [0, 0.05) is 6.42 Å². The molecule has 0 aromatic carbocycles. The Morgan fingerprint density at radius 3 is 1.56 bits per heavy atom. The molecule has 0 saturated heterocycles. The highest BCUT2D eigenvalue weighted by atomic mass is 16.4. The molecule has 0 saturated carbocycles. The molecule has 0 atom stereocenters. The Bertz CT molecular complexity index is 347. The Morgan fingerprint density at radius 2 is 1.12 bits per heavy atom. The summed E-state index contributed by atoms with van der Waals surface area (Å²) >= 11 is 0. The normalized spacial score (nSPS) is 11.2. The van der Waals surface area contributed by atoms with Crippen molar-refractivity contribution in [3.63, 3.8) is 0 Å². The molecule has 25 heavy (non-hydrogen) atoms. The number of unbranched alkanes of at least 4 members (excludes halogenated alkanes) is 14. The van der Waals surface area contributed by atoms with Gasteiger partial charge in [0.15, 0.2) is 0 Å². The van der Waals surface area contributed by atoms with Crippen LogP contribution in [0.5, 0.6) is 0 Å². The summed E-state index contributed by atoms with van der Waals surface area (Å²) in [6, 6.07) is 0. The summed E-state index contributed by atoms with van der Waals surface area (Å²) in [4.78, 5) is 21.5. The maximum atomic E-state index is 11.2. The fourth-order valence-electron chi connectivity index (χ4n) is 3.03. The lowest BCUT2D eigenvalue weighted by molar-refractivity contribution is -0.140. The first kappa shape index (κ1) is 23.9. The van der Waals surface area contributed by atoms with Gasteiger partial charge in [0.05, 0.1) is 0 Å². The van der Waals surface area contributed by atoms with E-state index < -0.39 is 5.97 Å². The van der Waals surface area contributed by atoms with Gasteiger partial charge in [-0.1, -0.05) is 103 Å². The second-order valence-electron chi connectivity index (χ2n) is 7.17. The molecule has 0 aromatic heterocycles. The van der Waals surface area contributed by atoms with E-state index in [9.17, 15) is 9.59 Å². The van der Waals surface area contributed by atoms with Gasteiger partial charge < -0.3 is 5.11 Å². The molecule has 146 valence electrons. The van der Waals surface area contributed by atoms with Gasteiger partial charge in [-0.2, -0.15) is 0 Å². The van der Waals surface area contributed by atoms with Crippen LogP contribution in [0, 0.1) is 0 Å². The van der Waals surface area contributed by atoms with Crippen LogP contribution in [0.1, 0.15) is 116 Å². The molecule has 0 radical (unpaired) electrons. The first-order chi connectivity index (χ1) is 12.2. The standard InChI is InChI=1S/C22H40O3/c1-2-3-4-5-6-7-8-9-10-11-12-13-14-15-16-17-18-19-21(23)20-22(24)25/h17-18H,2-16,19-20H2,1H3,(H,24,25). The van der Waals surface area contributed by atoms with E-state index >= 15 is 0 Å². The number of hydrogen-bond donors (Lipinski definition) is 1. The summed E-state index contributed by atoms with van der Waals surface area (Å²) in [5, 5.41) is 8.48. The van der Waals surface area contributed by atoms with Crippen LogP contribution in [0.25, 0.3) is 0 Å². The zero-order valence-electron chi connectivity index (χ0n) is 16.4. The minimum absolute atomic E-state index is 0.218. The number of carbonyl (C=O) groups excluding carboxylic acids is 1. The quantitative estimate of drug-likeness (QED) is 0.157. The first-order valence-electron chi connectivity index (χ1n) is 10.5. The van der Waals surface area contributed by atoms with Crippen LogP contribution in [0.4, 0.5) is 0 Å². The van der Waals surface area contributed by atoms with E-state index in [4.69, 9.17) is 5.11 Å². The Labute approximate surface area is 155 Å². The number of aliphatic carboxylic acids is 1. The zero-order valence-corrected chi connectivity index (χ0v) is 16.4. The van der Waals surface area contributed by atoms with Gasteiger partial charge in [-0.05, 0) is 12.8 Å². The molecule has 0 aliphatic rings. The van der Waals surface area contributed by atoms with E-state index in [1.54, 1.807) is 0 Å². The van der Waals surface area contributed by atoms with Crippen molar-refractivity contribution in [2.45, 2.75) is 116 Å². The summed E-state index contributed by atoms with van der Waals surface area (Å²) in [6.07, 6.45) is 23.8. The molecular weight excluding hydrogens is 312 g/mol. The smallest absolute Gasteiger partial charge is 0.310 e. The summed E-state index contributed by atoms with van der Waals surface area (Å²) in [6.45, 7) is 2.27. The average Bonchev–Trinajstić information content (AvgIpc) is 2.57. The van der Waals surface area contributed by atoms with Crippen LogP contribution in [-0.4, -0.2) is 16.9 Å². The SMILES string of the molecule is CCCCCCCCCCCCCCCCC=CCC(=O)CC(=O)O. The molecule has 3 nitrogen and oxygen atoms in total. The number of rotatable bonds is 19. The van der Waals surface area contributed by atoms with E-state index in [1.165, 1.54) is 89.9 Å². The van der Waals surface area contributed by atoms with E-state index in [-0.39, 0.29) is 18.6 Å². The Hall–Kier alpha value is -1.12. The van der Waals surface area contributed by atoms with E-state index in [1.807, 2.05) is 12.2 Å². The number of carboxylic acid groups (broad SMARTS) is 1. The van der Waals surface area contributed by atoms with Crippen molar-refractivity contribution in [3.05, 3.63) is 12.2 Å². The molecular formula is C22H40O3. The van der Waals surface area contributed by atoms with Crippen LogP contribution in [-0.2, 0) is 9.59 Å². The number of allylic oxidation sites excluding steroid dienone is 2. The molecule has 0 unspecified atom stereocenters. The van der Waals surface area contributed by atoms with Crippen molar-refractivity contribution >= 4 is 11.8 Å². The van der Waals surface area contributed by atoms with Crippen molar-refractivity contribution in [2.24, 2.45) is 0 Å². The molecule has 0 rings (SSSR count).